The molecule has 1 aromatic carbocycles. The van der Waals surface area contributed by atoms with E-state index in [9.17, 15) is 4.39 Å². The molecule has 0 radical (unpaired) electrons. The van der Waals surface area contributed by atoms with E-state index in [1.807, 2.05) is 0 Å². The van der Waals surface area contributed by atoms with E-state index in [0.717, 1.165) is 32.5 Å². The van der Waals surface area contributed by atoms with Gasteiger partial charge in [0.1, 0.15) is 18.2 Å². The van der Waals surface area contributed by atoms with Crippen LogP contribution in [-0.4, -0.2) is 32.4 Å². The standard InChI is InChI=1S/C13H17BrFNO2/c14-12-8-10(15)3-4-13(12)18-7-5-16-9-11-2-1-6-17-11/h3-4,8,11,16H,1-2,5-7,9H2. The Bertz CT molecular complexity index is 383. The number of nitrogens with one attached hydrogen (secondary N) is 1. The van der Waals surface area contributed by atoms with Gasteiger partial charge in [0.15, 0.2) is 0 Å². The maximum Gasteiger partial charge on any atom is 0.133 e. The third kappa shape index (κ3) is 4.23. The molecular formula is C13H17BrFNO2. The van der Waals surface area contributed by atoms with Crippen molar-refractivity contribution in [1.82, 2.24) is 5.32 Å². The van der Waals surface area contributed by atoms with Crippen molar-refractivity contribution in [2.24, 2.45) is 0 Å². The van der Waals surface area contributed by atoms with Crippen LogP contribution in [0.4, 0.5) is 4.39 Å². The minimum atomic E-state index is -0.272. The van der Waals surface area contributed by atoms with E-state index >= 15 is 0 Å². The van der Waals surface area contributed by atoms with Crippen molar-refractivity contribution in [3.8, 4) is 5.75 Å². The molecular weight excluding hydrogens is 301 g/mol. The van der Waals surface area contributed by atoms with E-state index in [1.165, 1.54) is 12.1 Å². The average molecular weight is 318 g/mol. The van der Waals surface area contributed by atoms with Crippen molar-refractivity contribution in [1.29, 1.82) is 0 Å². The zero-order valence-corrected chi connectivity index (χ0v) is 11.7. The fourth-order valence-electron chi connectivity index (χ4n) is 1.89. The molecule has 0 aromatic heterocycles. The minimum absolute atomic E-state index is 0.272. The first-order valence-electron chi connectivity index (χ1n) is 6.16. The lowest BCUT2D eigenvalue weighted by Gasteiger charge is -2.12. The van der Waals surface area contributed by atoms with Gasteiger partial charge in [-0.1, -0.05) is 0 Å². The van der Waals surface area contributed by atoms with Gasteiger partial charge in [0, 0.05) is 19.7 Å². The molecule has 5 heteroatoms. The van der Waals surface area contributed by atoms with Crippen LogP contribution in [-0.2, 0) is 4.74 Å². The van der Waals surface area contributed by atoms with Crippen LogP contribution < -0.4 is 10.1 Å². The fourth-order valence-corrected chi connectivity index (χ4v) is 2.36. The lowest BCUT2D eigenvalue weighted by atomic mass is 10.2. The zero-order valence-electron chi connectivity index (χ0n) is 10.1. The van der Waals surface area contributed by atoms with Gasteiger partial charge in [0.2, 0.25) is 0 Å². The molecule has 0 spiro atoms. The highest BCUT2D eigenvalue weighted by molar-refractivity contribution is 9.10. The molecule has 0 bridgehead atoms. The van der Waals surface area contributed by atoms with Gasteiger partial charge in [0.05, 0.1) is 10.6 Å². The molecule has 0 amide bonds. The molecule has 1 aliphatic heterocycles. The zero-order chi connectivity index (χ0) is 12.8. The molecule has 1 unspecified atom stereocenters. The molecule has 1 fully saturated rings. The highest BCUT2D eigenvalue weighted by atomic mass is 79.9. The SMILES string of the molecule is Fc1ccc(OCCNCC2CCCO2)c(Br)c1. The van der Waals surface area contributed by atoms with E-state index < -0.39 is 0 Å². The minimum Gasteiger partial charge on any atom is -0.491 e. The molecule has 1 saturated heterocycles. The van der Waals surface area contributed by atoms with E-state index in [0.29, 0.717) is 22.9 Å². The Morgan fingerprint density at radius 2 is 2.39 bits per heavy atom. The fraction of sp³-hybridized carbons (Fsp3) is 0.538. The monoisotopic (exact) mass is 317 g/mol. The Labute approximate surface area is 115 Å². The first kappa shape index (κ1) is 13.8. The smallest absolute Gasteiger partial charge is 0.133 e. The Hall–Kier alpha value is -0.650. The van der Waals surface area contributed by atoms with Crippen molar-refractivity contribution < 1.29 is 13.9 Å². The molecule has 3 nitrogen and oxygen atoms in total. The van der Waals surface area contributed by atoms with E-state index in [2.05, 4.69) is 21.2 Å². The molecule has 2 rings (SSSR count). The van der Waals surface area contributed by atoms with Gasteiger partial charge in [-0.2, -0.15) is 0 Å². The van der Waals surface area contributed by atoms with Crippen LogP contribution in [0.3, 0.4) is 0 Å². The van der Waals surface area contributed by atoms with Crippen molar-refractivity contribution in [2.45, 2.75) is 18.9 Å². The summed E-state index contributed by atoms with van der Waals surface area (Å²) < 4.78 is 24.5. The van der Waals surface area contributed by atoms with Crippen molar-refractivity contribution in [3.05, 3.63) is 28.5 Å². The molecule has 1 heterocycles. The molecule has 100 valence electrons. The molecule has 1 N–H and O–H groups in total. The molecule has 1 atom stereocenters. The van der Waals surface area contributed by atoms with Gasteiger partial charge in [0.25, 0.3) is 0 Å². The Morgan fingerprint density at radius 1 is 1.50 bits per heavy atom. The number of benzene rings is 1. The van der Waals surface area contributed by atoms with Gasteiger partial charge < -0.3 is 14.8 Å². The van der Waals surface area contributed by atoms with Crippen molar-refractivity contribution in [2.75, 3.05) is 26.3 Å². The van der Waals surface area contributed by atoms with E-state index in [4.69, 9.17) is 9.47 Å². The number of rotatable bonds is 6. The summed E-state index contributed by atoms with van der Waals surface area (Å²) in [5, 5.41) is 3.29. The third-order valence-electron chi connectivity index (χ3n) is 2.83. The van der Waals surface area contributed by atoms with Gasteiger partial charge in [-0.05, 0) is 47.0 Å². The predicted octanol–water partition coefficient (Wildman–Crippen LogP) is 2.74. The summed E-state index contributed by atoms with van der Waals surface area (Å²) in [4.78, 5) is 0. The van der Waals surface area contributed by atoms with Gasteiger partial charge >= 0.3 is 0 Å². The van der Waals surface area contributed by atoms with Crippen molar-refractivity contribution in [3.63, 3.8) is 0 Å². The van der Waals surface area contributed by atoms with Crippen molar-refractivity contribution >= 4 is 15.9 Å². The molecule has 0 saturated carbocycles. The van der Waals surface area contributed by atoms with Crippen LogP contribution in [0.15, 0.2) is 22.7 Å². The maximum absolute atomic E-state index is 12.9. The second kappa shape index (κ2) is 7.07. The average Bonchev–Trinajstić information content (AvgIpc) is 2.84. The van der Waals surface area contributed by atoms with E-state index in [-0.39, 0.29) is 5.82 Å². The molecule has 1 aliphatic rings. The number of hydrogen-bond acceptors (Lipinski definition) is 3. The highest BCUT2D eigenvalue weighted by Gasteiger charge is 2.14. The Balaban J connectivity index is 1.62. The van der Waals surface area contributed by atoms with Crippen LogP contribution in [0, 0.1) is 5.82 Å². The number of ether oxygens (including phenoxy) is 2. The largest absolute Gasteiger partial charge is 0.491 e. The second-order valence-corrected chi connectivity index (χ2v) is 5.12. The lowest BCUT2D eigenvalue weighted by molar-refractivity contribution is 0.109. The Morgan fingerprint density at radius 3 is 3.11 bits per heavy atom. The first-order valence-corrected chi connectivity index (χ1v) is 6.95. The second-order valence-electron chi connectivity index (χ2n) is 4.26. The van der Waals surface area contributed by atoms with Crippen LogP contribution in [0.2, 0.25) is 0 Å². The van der Waals surface area contributed by atoms with Crippen LogP contribution in [0.25, 0.3) is 0 Å². The maximum atomic E-state index is 12.9. The molecule has 0 aliphatic carbocycles. The van der Waals surface area contributed by atoms with E-state index in [1.54, 1.807) is 6.07 Å². The summed E-state index contributed by atoms with van der Waals surface area (Å²) in [6.07, 6.45) is 2.64. The summed E-state index contributed by atoms with van der Waals surface area (Å²) in [7, 11) is 0. The summed E-state index contributed by atoms with van der Waals surface area (Å²) >= 11 is 3.26. The van der Waals surface area contributed by atoms with Gasteiger partial charge in [-0.25, -0.2) is 4.39 Å². The molecule has 18 heavy (non-hydrogen) atoms. The topological polar surface area (TPSA) is 30.5 Å². The van der Waals surface area contributed by atoms with Gasteiger partial charge in [-0.15, -0.1) is 0 Å². The van der Waals surface area contributed by atoms with Crippen LogP contribution >= 0.6 is 15.9 Å². The lowest BCUT2D eigenvalue weighted by Crippen LogP contribution is -2.29. The number of halogens is 2. The number of hydrogen-bond donors (Lipinski definition) is 1. The van der Waals surface area contributed by atoms with Gasteiger partial charge in [-0.3, -0.25) is 0 Å². The van der Waals surface area contributed by atoms with Crippen LogP contribution in [0.1, 0.15) is 12.8 Å². The molecule has 1 aromatic rings. The third-order valence-corrected chi connectivity index (χ3v) is 3.45. The summed E-state index contributed by atoms with van der Waals surface area (Å²) in [6, 6.07) is 4.41. The Kier molecular flexibility index (Phi) is 5.41. The quantitative estimate of drug-likeness (QED) is 0.818. The summed E-state index contributed by atoms with van der Waals surface area (Å²) in [5.41, 5.74) is 0. The summed E-state index contributed by atoms with van der Waals surface area (Å²) in [5.74, 6) is 0.390. The highest BCUT2D eigenvalue weighted by Crippen LogP contribution is 2.25. The summed E-state index contributed by atoms with van der Waals surface area (Å²) in [6.45, 7) is 3.06. The first-order chi connectivity index (χ1) is 8.75. The van der Waals surface area contributed by atoms with Crippen LogP contribution in [0.5, 0.6) is 5.75 Å². The normalized spacial score (nSPS) is 19.1. The predicted molar refractivity (Wildman–Crippen MR) is 71.4 cm³/mol.